The van der Waals surface area contributed by atoms with E-state index < -0.39 is 0 Å². The molecule has 15 heavy (non-hydrogen) atoms. The molecule has 0 amide bonds. The van der Waals surface area contributed by atoms with E-state index in [0.29, 0.717) is 11.1 Å². The van der Waals surface area contributed by atoms with Crippen LogP contribution in [0, 0.1) is 12.7 Å². The highest BCUT2D eigenvalue weighted by molar-refractivity contribution is 5.38. The van der Waals surface area contributed by atoms with Gasteiger partial charge in [-0.2, -0.15) is 0 Å². The van der Waals surface area contributed by atoms with E-state index in [2.05, 4.69) is 5.32 Å². The zero-order valence-corrected chi connectivity index (χ0v) is 9.10. The van der Waals surface area contributed by atoms with Crippen LogP contribution in [-0.2, 0) is 5.54 Å². The van der Waals surface area contributed by atoms with Gasteiger partial charge in [-0.3, -0.25) is 0 Å². The zero-order chi connectivity index (χ0) is 11.1. The molecule has 1 saturated heterocycles. The van der Waals surface area contributed by atoms with Gasteiger partial charge in [0, 0.05) is 11.1 Å². The van der Waals surface area contributed by atoms with Gasteiger partial charge >= 0.3 is 0 Å². The number of hydrogen-bond donors (Lipinski definition) is 2. The molecule has 1 aliphatic rings. The monoisotopic (exact) mass is 209 g/mol. The summed E-state index contributed by atoms with van der Waals surface area (Å²) in [5.74, 6) is -0.0662. The Hall–Kier alpha value is -1.09. The molecule has 0 saturated carbocycles. The second kappa shape index (κ2) is 3.49. The Morgan fingerprint density at radius 2 is 2.20 bits per heavy atom. The summed E-state index contributed by atoms with van der Waals surface area (Å²) in [6.45, 7) is 4.57. The molecule has 1 heterocycles. The third kappa shape index (κ3) is 1.72. The number of aromatic hydroxyl groups is 1. The van der Waals surface area contributed by atoms with Gasteiger partial charge in [0.15, 0.2) is 0 Å². The normalized spacial score (nSPS) is 25.8. The molecule has 1 fully saturated rings. The molecule has 1 aromatic rings. The lowest BCUT2D eigenvalue weighted by molar-refractivity contribution is 0.402. The quantitative estimate of drug-likeness (QED) is 0.744. The Labute approximate surface area is 89.1 Å². The van der Waals surface area contributed by atoms with E-state index in [1.807, 2.05) is 6.92 Å². The third-order valence-corrected chi connectivity index (χ3v) is 3.20. The summed E-state index contributed by atoms with van der Waals surface area (Å²) in [4.78, 5) is 0. The van der Waals surface area contributed by atoms with E-state index in [4.69, 9.17) is 0 Å². The molecule has 0 aromatic heterocycles. The highest BCUT2D eigenvalue weighted by Crippen LogP contribution is 2.35. The summed E-state index contributed by atoms with van der Waals surface area (Å²) in [6, 6.07) is 2.98. The summed E-state index contributed by atoms with van der Waals surface area (Å²) in [5.41, 5.74) is 0.755. The van der Waals surface area contributed by atoms with Gasteiger partial charge in [-0.05, 0) is 50.9 Å². The Morgan fingerprint density at radius 1 is 1.47 bits per heavy atom. The van der Waals surface area contributed by atoms with Gasteiger partial charge < -0.3 is 10.4 Å². The summed E-state index contributed by atoms with van der Waals surface area (Å²) in [6.07, 6.45) is 1.96. The van der Waals surface area contributed by atoms with Crippen molar-refractivity contribution < 1.29 is 9.50 Å². The average Bonchev–Trinajstić information content (AvgIpc) is 2.59. The number of hydrogen-bond acceptors (Lipinski definition) is 2. The van der Waals surface area contributed by atoms with Crippen LogP contribution in [0.3, 0.4) is 0 Å². The number of rotatable bonds is 1. The SMILES string of the molecule is Cc1cc(O)cc(C2(C)CCCN2)c1F. The summed E-state index contributed by atoms with van der Waals surface area (Å²) >= 11 is 0. The highest BCUT2D eigenvalue weighted by Gasteiger charge is 2.33. The van der Waals surface area contributed by atoms with Crippen molar-refractivity contribution in [3.05, 3.63) is 29.1 Å². The number of phenolic OH excluding ortho intramolecular Hbond substituents is 1. The minimum absolute atomic E-state index is 0.138. The predicted octanol–water partition coefficient (Wildman–Crippen LogP) is 2.44. The molecule has 1 aromatic carbocycles. The van der Waals surface area contributed by atoms with Crippen LogP contribution >= 0.6 is 0 Å². The Morgan fingerprint density at radius 3 is 2.80 bits per heavy atom. The molecule has 0 bridgehead atoms. The van der Waals surface area contributed by atoms with Crippen molar-refractivity contribution in [1.82, 2.24) is 5.32 Å². The lowest BCUT2D eigenvalue weighted by atomic mass is 9.89. The second-order valence-corrected chi connectivity index (χ2v) is 4.49. The largest absolute Gasteiger partial charge is 0.508 e. The van der Waals surface area contributed by atoms with Crippen molar-refractivity contribution >= 4 is 0 Å². The molecule has 0 aliphatic carbocycles. The first-order valence-corrected chi connectivity index (χ1v) is 5.27. The maximum Gasteiger partial charge on any atom is 0.131 e. The molecular weight excluding hydrogens is 193 g/mol. The van der Waals surface area contributed by atoms with Crippen molar-refractivity contribution in [3.63, 3.8) is 0 Å². The maximum atomic E-state index is 13.9. The molecule has 1 aliphatic heterocycles. The molecule has 1 unspecified atom stereocenters. The van der Waals surface area contributed by atoms with Crippen LogP contribution in [0.5, 0.6) is 5.75 Å². The first-order valence-electron chi connectivity index (χ1n) is 5.27. The maximum absolute atomic E-state index is 13.9. The summed E-state index contributed by atoms with van der Waals surface area (Å²) in [5, 5.41) is 12.8. The predicted molar refractivity (Wildman–Crippen MR) is 57.4 cm³/mol. The van der Waals surface area contributed by atoms with Gasteiger partial charge in [0.1, 0.15) is 11.6 Å². The highest BCUT2D eigenvalue weighted by atomic mass is 19.1. The molecule has 82 valence electrons. The fourth-order valence-electron chi connectivity index (χ4n) is 2.28. The number of phenols is 1. The third-order valence-electron chi connectivity index (χ3n) is 3.20. The molecule has 2 N–H and O–H groups in total. The van der Waals surface area contributed by atoms with E-state index in [0.717, 1.165) is 19.4 Å². The van der Waals surface area contributed by atoms with Gasteiger partial charge in [0.05, 0.1) is 0 Å². The first kappa shape index (κ1) is 10.4. The average molecular weight is 209 g/mol. The Balaban J connectivity index is 2.51. The molecule has 2 nitrogen and oxygen atoms in total. The van der Waals surface area contributed by atoms with Crippen molar-refractivity contribution in [1.29, 1.82) is 0 Å². The van der Waals surface area contributed by atoms with E-state index >= 15 is 0 Å². The van der Waals surface area contributed by atoms with Crippen LogP contribution in [0.2, 0.25) is 0 Å². The minimum atomic E-state index is -0.326. The van der Waals surface area contributed by atoms with Crippen LogP contribution in [0.4, 0.5) is 4.39 Å². The number of aryl methyl sites for hydroxylation is 1. The minimum Gasteiger partial charge on any atom is -0.508 e. The van der Waals surface area contributed by atoms with Gasteiger partial charge in [-0.1, -0.05) is 0 Å². The molecule has 0 radical (unpaired) electrons. The summed E-state index contributed by atoms with van der Waals surface area (Å²) < 4.78 is 13.9. The van der Waals surface area contributed by atoms with Crippen LogP contribution in [0.15, 0.2) is 12.1 Å². The number of halogens is 1. The van der Waals surface area contributed by atoms with Crippen LogP contribution in [0.25, 0.3) is 0 Å². The molecule has 3 heteroatoms. The Kier molecular flexibility index (Phi) is 2.43. The smallest absolute Gasteiger partial charge is 0.131 e. The van der Waals surface area contributed by atoms with Gasteiger partial charge in [-0.25, -0.2) is 4.39 Å². The van der Waals surface area contributed by atoms with E-state index in [1.54, 1.807) is 6.92 Å². The van der Waals surface area contributed by atoms with Crippen LogP contribution in [0.1, 0.15) is 30.9 Å². The molecular formula is C12H16FNO. The summed E-state index contributed by atoms with van der Waals surface area (Å²) in [7, 11) is 0. The lowest BCUT2D eigenvalue weighted by Crippen LogP contribution is -2.34. The van der Waals surface area contributed by atoms with Crippen molar-refractivity contribution in [2.24, 2.45) is 0 Å². The molecule has 1 atom stereocenters. The lowest BCUT2D eigenvalue weighted by Gasteiger charge is -2.26. The standard InChI is InChI=1S/C12H16FNO/c1-8-6-9(15)7-10(11(8)13)12(2)4-3-5-14-12/h6-7,14-15H,3-5H2,1-2H3. The van der Waals surface area contributed by atoms with Gasteiger partial charge in [-0.15, -0.1) is 0 Å². The number of benzene rings is 1. The van der Waals surface area contributed by atoms with E-state index in [1.165, 1.54) is 12.1 Å². The molecule has 0 spiro atoms. The van der Waals surface area contributed by atoms with Gasteiger partial charge in [0.2, 0.25) is 0 Å². The second-order valence-electron chi connectivity index (χ2n) is 4.49. The zero-order valence-electron chi connectivity index (χ0n) is 9.10. The fourth-order valence-corrected chi connectivity index (χ4v) is 2.28. The van der Waals surface area contributed by atoms with E-state index in [-0.39, 0.29) is 17.1 Å². The van der Waals surface area contributed by atoms with Crippen molar-refractivity contribution in [2.75, 3.05) is 6.54 Å². The van der Waals surface area contributed by atoms with Gasteiger partial charge in [0.25, 0.3) is 0 Å². The first-order chi connectivity index (χ1) is 7.03. The topological polar surface area (TPSA) is 32.3 Å². The van der Waals surface area contributed by atoms with Crippen molar-refractivity contribution in [3.8, 4) is 5.75 Å². The fraction of sp³-hybridized carbons (Fsp3) is 0.500. The van der Waals surface area contributed by atoms with E-state index in [9.17, 15) is 9.50 Å². The molecule has 2 rings (SSSR count). The van der Waals surface area contributed by atoms with Crippen LogP contribution in [-0.4, -0.2) is 11.7 Å². The van der Waals surface area contributed by atoms with Crippen LogP contribution < -0.4 is 5.32 Å². The van der Waals surface area contributed by atoms with Crippen molar-refractivity contribution in [2.45, 2.75) is 32.2 Å². The Bertz CT molecular complexity index is 383. The number of nitrogens with one attached hydrogen (secondary N) is 1.